The minimum atomic E-state index is 0.756. The Labute approximate surface area is 141 Å². The van der Waals surface area contributed by atoms with E-state index in [0.717, 1.165) is 33.8 Å². The summed E-state index contributed by atoms with van der Waals surface area (Å²) in [5, 5.41) is 0. The molecule has 0 atom stereocenters. The Kier molecular flexibility index (Phi) is 3.64. The van der Waals surface area contributed by atoms with Crippen LogP contribution >= 0.6 is 0 Å². The summed E-state index contributed by atoms with van der Waals surface area (Å²) in [4.78, 5) is 0. The van der Waals surface area contributed by atoms with Gasteiger partial charge in [-0.3, -0.25) is 0 Å². The first-order chi connectivity index (χ1) is 11.8. The molecule has 4 rings (SSSR count). The highest BCUT2D eigenvalue weighted by Crippen LogP contribution is 2.39. The molecular weight excluding hydrogens is 292 g/mol. The molecule has 0 amide bonds. The van der Waals surface area contributed by atoms with Gasteiger partial charge in [0.15, 0.2) is 0 Å². The zero-order chi connectivity index (χ0) is 16.4. The molecule has 24 heavy (non-hydrogen) atoms. The van der Waals surface area contributed by atoms with E-state index in [0.29, 0.717) is 0 Å². The summed E-state index contributed by atoms with van der Waals surface area (Å²) in [5.41, 5.74) is 12.1. The van der Waals surface area contributed by atoms with Crippen molar-refractivity contribution in [3.63, 3.8) is 0 Å². The van der Waals surface area contributed by atoms with Gasteiger partial charge in [-0.05, 0) is 23.3 Å². The number of nitrogen functional groups attached to an aromatic ring is 1. The van der Waals surface area contributed by atoms with Gasteiger partial charge in [0.2, 0.25) is 0 Å². The monoisotopic (exact) mass is 310 g/mol. The molecule has 0 aliphatic carbocycles. The summed E-state index contributed by atoms with van der Waals surface area (Å²) < 4.78 is 2.06. The molecule has 0 saturated heterocycles. The second kappa shape index (κ2) is 6.09. The van der Waals surface area contributed by atoms with Crippen molar-refractivity contribution >= 4 is 5.82 Å². The zero-order valence-corrected chi connectivity index (χ0v) is 13.3. The topological polar surface area (TPSA) is 30.9 Å². The van der Waals surface area contributed by atoms with E-state index in [4.69, 9.17) is 5.73 Å². The molecule has 3 aromatic carbocycles. The van der Waals surface area contributed by atoms with Gasteiger partial charge in [-0.15, -0.1) is 0 Å². The van der Waals surface area contributed by atoms with Gasteiger partial charge in [0.05, 0.1) is 0 Å². The number of hydrogen-bond acceptors (Lipinski definition) is 1. The maximum absolute atomic E-state index is 6.57. The van der Waals surface area contributed by atoms with E-state index in [1.165, 1.54) is 0 Å². The van der Waals surface area contributed by atoms with Gasteiger partial charge in [-0.1, -0.05) is 78.9 Å². The van der Waals surface area contributed by atoms with Crippen LogP contribution in [0.25, 0.3) is 27.9 Å². The number of hydrogen-bond donors (Lipinski definition) is 1. The second-order valence-corrected chi connectivity index (χ2v) is 5.74. The summed E-state index contributed by atoms with van der Waals surface area (Å²) in [6.45, 7) is 0. The van der Waals surface area contributed by atoms with Crippen LogP contribution in [0.2, 0.25) is 0 Å². The lowest BCUT2D eigenvalue weighted by atomic mass is 9.98. The molecule has 0 spiro atoms. The maximum Gasteiger partial charge on any atom is 0.116 e. The Morgan fingerprint density at radius 3 is 1.67 bits per heavy atom. The Morgan fingerprint density at radius 1 is 0.583 bits per heavy atom. The van der Waals surface area contributed by atoms with Crippen LogP contribution in [0.5, 0.6) is 0 Å². The molecular formula is C22H18N2. The standard InChI is InChI=1S/C22H18N2/c23-22-21(18-12-6-2-7-13-18)20(17-10-4-1-5-11-17)16-24(22)19-14-8-3-9-15-19/h1-16H,23H2. The minimum Gasteiger partial charge on any atom is -0.384 e. The van der Waals surface area contributed by atoms with Crippen molar-refractivity contribution in [3.05, 3.63) is 97.2 Å². The van der Waals surface area contributed by atoms with Gasteiger partial charge in [0.25, 0.3) is 0 Å². The van der Waals surface area contributed by atoms with Gasteiger partial charge in [0, 0.05) is 23.0 Å². The number of para-hydroxylation sites is 1. The van der Waals surface area contributed by atoms with Crippen LogP contribution in [0.4, 0.5) is 5.82 Å². The van der Waals surface area contributed by atoms with Crippen molar-refractivity contribution in [1.29, 1.82) is 0 Å². The van der Waals surface area contributed by atoms with Gasteiger partial charge in [-0.25, -0.2) is 0 Å². The molecule has 4 aromatic rings. The summed E-state index contributed by atoms with van der Waals surface area (Å²) in [6, 6.07) is 30.9. The first-order valence-corrected chi connectivity index (χ1v) is 8.01. The molecule has 2 heteroatoms. The number of rotatable bonds is 3. The molecule has 2 N–H and O–H groups in total. The first-order valence-electron chi connectivity index (χ1n) is 8.01. The highest BCUT2D eigenvalue weighted by atomic mass is 15.0. The molecule has 2 nitrogen and oxygen atoms in total. The fraction of sp³-hybridized carbons (Fsp3) is 0. The van der Waals surface area contributed by atoms with Crippen LogP contribution in [0.1, 0.15) is 0 Å². The largest absolute Gasteiger partial charge is 0.384 e. The molecule has 1 aromatic heterocycles. The molecule has 1 heterocycles. The molecule has 0 saturated carbocycles. The van der Waals surface area contributed by atoms with Crippen LogP contribution in [0.15, 0.2) is 97.2 Å². The van der Waals surface area contributed by atoms with E-state index in [1.54, 1.807) is 0 Å². The Morgan fingerprint density at radius 2 is 1.08 bits per heavy atom. The number of aromatic nitrogens is 1. The molecule has 0 aliphatic heterocycles. The molecule has 0 unspecified atom stereocenters. The van der Waals surface area contributed by atoms with Crippen molar-refractivity contribution in [3.8, 4) is 27.9 Å². The summed E-state index contributed by atoms with van der Waals surface area (Å²) in [5.74, 6) is 0.756. The lowest BCUT2D eigenvalue weighted by Crippen LogP contribution is -1.99. The summed E-state index contributed by atoms with van der Waals surface area (Å²) in [7, 11) is 0. The predicted molar refractivity (Wildman–Crippen MR) is 101 cm³/mol. The van der Waals surface area contributed by atoms with E-state index in [9.17, 15) is 0 Å². The van der Waals surface area contributed by atoms with Crippen molar-refractivity contribution in [2.24, 2.45) is 0 Å². The average Bonchev–Trinajstić information content (AvgIpc) is 3.01. The lowest BCUT2D eigenvalue weighted by molar-refractivity contribution is 1.09. The van der Waals surface area contributed by atoms with Crippen LogP contribution in [0, 0.1) is 0 Å². The number of anilines is 1. The van der Waals surface area contributed by atoms with Crippen LogP contribution in [-0.2, 0) is 0 Å². The fourth-order valence-corrected chi connectivity index (χ4v) is 3.07. The van der Waals surface area contributed by atoms with Gasteiger partial charge >= 0.3 is 0 Å². The van der Waals surface area contributed by atoms with E-state index in [2.05, 4.69) is 59.3 Å². The molecule has 0 bridgehead atoms. The zero-order valence-electron chi connectivity index (χ0n) is 13.3. The van der Waals surface area contributed by atoms with Crippen molar-refractivity contribution in [2.75, 3.05) is 5.73 Å². The quantitative estimate of drug-likeness (QED) is 0.540. The number of benzene rings is 3. The predicted octanol–water partition coefficient (Wildman–Crippen LogP) is 5.39. The lowest BCUT2D eigenvalue weighted by Gasteiger charge is -2.08. The molecule has 0 fully saturated rings. The number of nitrogens with zero attached hydrogens (tertiary/aromatic N) is 1. The smallest absolute Gasteiger partial charge is 0.116 e. The molecule has 116 valence electrons. The second-order valence-electron chi connectivity index (χ2n) is 5.74. The normalized spacial score (nSPS) is 10.7. The van der Waals surface area contributed by atoms with E-state index in [-0.39, 0.29) is 0 Å². The van der Waals surface area contributed by atoms with Crippen LogP contribution < -0.4 is 5.73 Å². The van der Waals surface area contributed by atoms with Crippen LogP contribution in [-0.4, -0.2) is 4.57 Å². The van der Waals surface area contributed by atoms with E-state index in [1.807, 2.05) is 42.5 Å². The van der Waals surface area contributed by atoms with Crippen LogP contribution in [0.3, 0.4) is 0 Å². The maximum atomic E-state index is 6.57. The third-order valence-electron chi connectivity index (χ3n) is 4.22. The third kappa shape index (κ3) is 2.48. The third-order valence-corrected chi connectivity index (χ3v) is 4.22. The van der Waals surface area contributed by atoms with Gasteiger partial charge < -0.3 is 10.3 Å². The van der Waals surface area contributed by atoms with Crippen molar-refractivity contribution in [2.45, 2.75) is 0 Å². The van der Waals surface area contributed by atoms with Gasteiger partial charge in [-0.2, -0.15) is 0 Å². The minimum absolute atomic E-state index is 0.756. The van der Waals surface area contributed by atoms with Crippen molar-refractivity contribution < 1.29 is 0 Å². The SMILES string of the molecule is Nc1c(-c2ccccc2)c(-c2ccccc2)cn1-c1ccccc1. The Bertz CT molecular complexity index is 939. The highest BCUT2D eigenvalue weighted by Gasteiger charge is 2.17. The van der Waals surface area contributed by atoms with Crippen molar-refractivity contribution in [1.82, 2.24) is 4.57 Å². The highest BCUT2D eigenvalue weighted by molar-refractivity contribution is 5.91. The number of nitrogens with two attached hydrogens (primary N) is 1. The summed E-state index contributed by atoms with van der Waals surface area (Å²) >= 11 is 0. The van der Waals surface area contributed by atoms with E-state index < -0.39 is 0 Å². The van der Waals surface area contributed by atoms with E-state index >= 15 is 0 Å². The Hall–Kier alpha value is -3.26. The molecule has 0 aliphatic rings. The fourth-order valence-electron chi connectivity index (χ4n) is 3.07. The molecule has 0 radical (unpaired) electrons. The summed E-state index contributed by atoms with van der Waals surface area (Å²) in [6.07, 6.45) is 2.13. The van der Waals surface area contributed by atoms with Gasteiger partial charge in [0.1, 0.15) is 5.82 Å². The Balaban J connectivity index is 1.99. The first kappa shape index (κ1) is 14.3. The average molecular weight is 310 g/mol.